The number of unbranched alkanes of at least 4 members (excludes halogenated alkanes) is 2. The number of carboxylic acid groups (broad SMARTS) is 1. The zero-order valence-electron chi connectivity index (χ0n) is 15.0. The van der Waals surface area contributed by atoms with E-state index in [4.69, 9.17) is 5.11 Å². The fourth-order valence-electron chi connectivity index (χ4n) is 2.96. The van der Waals surface area contributed by atoms with Crippen LogP contribution in [0.15, 0.2) is 24.3 Å². The Hall–Kier alpha value is -2.77. The molecule has 0 aliphatic rings. The maximum absolute atomic E-state index is 11.5. The molecule has 1 rings (SSSR count). The van der Waals surface area contributed by atoms with E-state index in [0.29, 0.717) is 5.56 Å². The summed E-state index contributed by atoms with van der Waals surface area (Å²) in [6, 6.07) is 2.80. The number of benzene rings is 1. The number of carbonyl (C=O) groups is 1. The fourth-order valence-corrected chi connectivity index (χ4v) is 2.96. The normalized spacial score (nSPS) is 12.2. The lowest BCUT2D eigenvalue weighted by atomic mass is 9.89. The number of aliphatic carboxylic acids is 1. The van der Waals surface area contributed by atoms with Crippen LogP contribution in [-0.2, 0) is 11.2 Å². The molecule has 0 saturated heterocycles. The first-order valence-corrected chi connectivity index (χ1v) is 8.66. The van der Waals surface area contributed by atoms with Gasteiger partial charge in [-0.05, 0) is 24.3 Å². The molecule has 142 valence electrons. The fraction of sp³-hybridized carbons (Fsp3) is 0.500. The number of rotatable bonds is 11. The van der Waals surface area contributed by atoms with E-state index < -0.39 is 15.8 Å². The Kier molecular flexibility index (Phi) is 8.41. The van der Waals surface area contributed by atoms with Crippen LogP contribution >= 0.6 is 0 Å². The van der Waals surface area contributed by atoms with Crippen LogP contribution < -0.4 is 0 Å². The lowest BCUT2D eigenvalue weighted by molar-refractivity contribution is -0.395. The molecule has 0 aromatic heterocycles. The van der Waals surface area contributed by atoms with E-state index >= 15 is 0 Å². The third-order valence-electron chi connectivity index (χ3n) is 4.32. The van der Waals surface area contributed by atoms with E-state index in [2.05, 4.69) is 6.92 Å². The van der Waals surface area contributed by atoms with Crippen molar-refractivity contribution in [3.63, 3.8) is 0 Å². The molecule has 8 heteroatoms. The lowest BCUT2D eigenvalue weighted by Crippen LogP contribution is -2.05. The predicted molar refractivity (Wildman–Crippen MR) is 97.4 cm³/mol. The van der Waals surface area contributed by atoms with Crippen LogP contribution in [0.4, 0.5) is 11.4 Å². The number of hydrogen-bond acceptors (Lipinski definition) is 5. The highest BCUT2D eigenvalue weighted by atomic mass is 16.6. The number of hydrogen-bond donors (Lipinski definition) is 1. The molecule has 1 aromatic carbocycles. The maximum atomic E-state index is 11.5. The number of carboxylic acids is 1. The van der Waals surface area contributed by atoms with Gasteiger partial charge in [0.25, 0.3) is 11.4 Å². The SMILES string of the molecule is CCCCCC(CC)c1cc([N+](=O)[O-])c(C/C=C/C(=O)O)c([N+](=O)[O-])c1. The van der Waals surface area contributed by atoms with Gasteiger partial charge in [0.1, 0.15) is 5.56 Å². The summed E-state index contributed by atoms with van der Waals surface area (Å²) < 4.78 is 0. The summed E-state index contributed by atoms with van der Waals surface area (Å²) in [5.74, 6) is -1.20. The van der Waals surface area contributed by atoms with Gasteiger partial charge in [0.2, 0.25) is 0 Å². The molecule has 1 atom stereocenters. The van der Waals surface area contributed by atoms with Gasteiger partial charge >= 0.3 is 5.97 Å². The van der Waals surface area contributed by atoms with E-state index in [0.717, 1.165) is 38.2 Å². The van der Waals surface area contributed by atoms with Crippen LogP contribution in [0.3, 0.4) is 0 Å². The van der Waals surface area contributed by atoms with Crippen molar-refractivity contribution in [3.05, 3.63) is 55.6 Å². The van der Waals surface area contributed by atoms with E-state index in [1.807, 2.05) is 6.92 Å². The quantitative estimate of drug-likeness (QED) is 0.261. The van der Waals surface area contributed by atoms with Crippen molar-refractivity contribution in [1.29, 1.82) is 0 Å². The Balaban J connectivity index is 3.36. The van der Waals surface area contributed by atoms with Crippen molar-refractivity contribution < 1.29 is 19.7 Å². The molecule has 0 amide bonds. The van der Waals surface area contributed by atoms with Crippen LogP contribution in [0.5, 0.6) is 0 Å². The smallest absolute Gasteiger partial charge is 0.327 e. The molecule has 0 saturated carbocycles. The van der Waals surface area contributed by atoms with Crippen LogP contribution in [0.1, 0.15) is 63.0 Å². The summed E-state index contributed by atoms with van der Waals surface area (Å²) in [6.45, 7) is 4.04. The van der Waals surface area contributed by atoms with Crippen molar-refractivity contribution in [3.8, 4) is 0 Å². The maximum Gasteiger partial charge on any atom is 0.327 e. The largest absolute Gasteiger partial charge is 0.478 e. The van der Waals surface area contributed by atoms with Crippen molar-refractivity contribution in [2.24, 2.45) is 0 Å². The van der Waals surface area contributed by atoms with Gasteiger partial charge in [-0.15, -0.1) is 0 Å². The Labute approximate surface area is 151 Å². The molecule has 8 nitrogen and oxygen atoms in total. The van der Waals surface area contributed by atoms with Gasteiger partial charge in [-0.1, -0.05) is 39.2 Å². The molecule has 1 aromatic rings. The summed E-state index contributed by atoms with van der Waals surface area (Å²) >= 11 is 0. The molecule has 0 bridgehead atoms. The van der Waals surface area contributed by atoms with Gasteiger partial charge in [-0.25, -0.2) is 4.79 Å². The summed E-state index contributed by atoms with van der Waals surface area (Å²) in [5.41, 5.74) is -0.158. The Morgan fingerprint density at radius 3 is 2.15 bits per heavy atom. The molecular formula is C18H24N2O6. The average molecular weight is 364 g/mol. The van der Waals surface area contributed by atoms with Gasteiger partial charge in [0.15, 0.2) is 0 Å². The minimum Gasteiger partial charge on any atom is -0.478 e. The number of nitrogens with zero attached hydrogens (tertiary/aromatic N) is 2. The van der Waals surface area contributed by atoms with E-state index in [-0.39, 0.29) is 29.3 Å². The van der Waals surface area contributed by atoms with Crippen molar-refractivity contribution >= 4 is 17.3 Å². The lowest BCUT2D eigenvalue weighted by Gasteiger charge is -2.16. The van der Waals surface area contributed by atoms with E-state index in [1.165, 1.54) is 18.2 Å². The summed E-state index contributed by atoms with van der Waals surface area (Å²) in [5, 5.41) is 31.6. The molecule has 1 unspecified atom stereocenters. The van der Waals surface area contributed by atoms with Crippen molar-refractivity contribution in [2.45, 2.75) is 58.3 Å². The predicted octanol–water partition coefficient (Wildman–Crippen LogP) is 4.76. The summed E-state index contributed by atoms with van der Waals surface area (Å²) in [7, 11) is 0. The zero-order valence-corrected chi connectivity index (χ0v) is 15.0. The topological polar surface area (TPSA) is 124 Å². The molecule has 1 N–H and O–H groups in total. The average Bonchev–Trinajstić information content (AvgIpc) is 2.58. The van der Waals surface area contributed by atoms with Gasteiger partial charge in [-0.2, -0.15) is 0 Å². The van der Waals surface area contributed by atoms with Crippen LogP contribution in [-0.4, -0.2) is 20.9 Å². The third kappa shape index (κ3) is 5.94. The number of allylic oxidation sites excluding steroid dienone is 1. The van der Waals surface area contributed by atoms with Gasteiger partial charge in [-0.3, -0.25) is 20.2 Å². The molecule has 0 radical (unpaired) electrons. The minimum atomic E-state index is -1.21. The molecular weight excluding hydrogens is 340 g/mol. The Bertz CT molecular complexity index is 664. The Morgan fingerprint density at radius 1 is 1.15 bits per heavy atom. The summed E-state index contributed by atoms with van der Waals surface area (Å²) in [4.78, 5) is 32.2. The molecule has 0 aliphatic carbocycles. The molecule has 0 aliphatic heterocycles. The second kappa shape index (κ2) is 10.3. The van der Waals surface area contributed by atoms with Crippen molar-refractivity contribution in [1.82, 2.24) is 0 Å². The molecule has 0 fully saturated rings. The second-order valence-corrected chi connectivity index (χ2v) is 6.10. The highest BCUT2D eigenvalue weighted by molar-refractivity contribution is 5.79. The highest BCUT2D eigenvalue weighted by Gasteiger charge is 2.27. The van der Waals surface area contributed by atoms with E-state index in [9.17, 15) is 25.0 Å². The molecule has 26 heavy (non-hydrogen) atoms. The van der Waals surface area contributed by atoms with Gasteiger partial charge in [0.05, 0.1) is 9.85 Å². The van der Waals surface area contributed by atoms with Crippen LogP contribution in [0.25, 0.3) is 0 Å². The third-order valence-corrected chi connectivity index (χ3v) is 4.32. The van der Waals surface area contributed by atoms with Crippen molar-refractivity contribution in [2.75, 3.05) is 0 Å². The standard InChI is InChI=1S/C18H24N2O6/c1-3-5-6-8-13(4-2)14-11-16(19(23)24)15(9-7-10-18(21)22)17(12-14)20(25)26/h7,10-13H,3-6,8-9H2,1-2H3,(H,21,22)/b10-7+. The van der Waals surface area contributed by atoms with Crippen LogP contribution in [0.2, 0.25) is 0 Å². The minimum absolute atomic E-state index is 0.0163. The first-order valence-electron chi connectivity index (χ1n) is 8.66. The first kappa shape index (κ1) is 21.3. The second-order valence-electron chi connectivity index (χ2n) is 6.10. The monoisotopic (exact) mass is 364 g/mol. The number of nitro groups is 2. The van der Waals surface area contributed by atoms with Gasteiger partial charge in [0, 0.05) is 24.6 Å². The van der Waals surface area contributed by atoms with Crippen LogP contribution in [0, 0.1) is 20.2 Å². The zero-order chi connectivity index (χ0) is 19.7. The first-order chi connectivity index (χ1) is 12.3. The highest BCUT2D eigenvalue weighted by Crippen LogP contribution is 2.36. The molecule has 0 heterocycles. The molecule has 0 spiro atoms. The number of nitro benzene ring substituents is 2. The Morgan fingerprint density at radius 2 is 1.73 bits per heavy atom. The summed E-state index contributed by atoms with van der Waals surface area (Å²) in [6.07, 6.45) is 6.40. The van der Waals surface area contributed by atoms with E-state index in [1.54, 1.807) is 0 Å². The van der Waals surface area contributed by atoms with Gasteiger partial charge < -0.3 is 5.11 Å².